The van der Waals surface area contributed by atoms with Crippen molar-refractivity contribution in [2.24, 2.45) is 5.73 Å². The lowest BCUT2D eigenvalue weighted by molar-refractivity contribution is 0.210. The SMILES string of the molecule is COCCNc1nc(C)ccc1C(=N)N. The Labute approximate surface area is 89.2 Å². The van der Waals surface area contributed by atoms with E-state index < -0.39 is 0 Å². The topological polar surface area (TPSA) is 84.0 Å². The lowest BCUT2D eigenvalue weighted by Crippen LogP contribution is -2.17. The number of hydrogen-bond donors (Lipinski definition) is 3. The Morgan fingerprint density at radius 2 is 2.33 bits per heavy atom. The normalized spacial score (nSPS) is 10.0. The minimum atomic E-state index is 0.0161. The first-order valence-electron chi connectivity index (χ1n) is 4.70. The summed E-state index contributed by atoms with van der Waals surface area (Å²) in [5.41, 5.74) is 6.95. The van der Waals surface area contributed by atoms with Gasteiger partial charge in [-0.2, -0.15) is 0 Å². The van der Waals surface area contributed by atoms with Crippen LogP contribution in [0.15, 0.2) is 12.1 Å². The Kier molecular flexibility index (Phi) is 4.05. The Morgan fingerprint density at radius 3 is 2.93 bits per heavy atom. The van der Waals surface area contributed by atoms with Gasteiger partial charge < -0.3 is 15.8 Å². The summed E-state index contributed by atoms with van der Waals surface area (Å²) in [5.74, 6) is 0.655. The van der Waals surface area contributed by atoms with Gasteiger partial charge in [0.15, 0.2) is 0 Å². The van der Waals surface area contributed by atoms with Crippen molar-refractivity contribution < 1.29 is 4.74 Å². The number of ether oxygens (including phenoxy) is 1. The molecule has 0 aliphatic rings. The average molecular weight is 208 g/mol. The number of methoxy groups -OCH3 is 1. The zero-order valence-electron chi connectivity index (χ0n) is 9.00. The Balaban J connectivity index is 2.82. The Hall–Kier alpha value is -1.62. The second kappa shape index (κ2) is 5.31. The highest BCUT2D eigenvalue weighted by Gasteiger charge is 2.06. The molecule has 0 fully saturated rings. The van der Waals surface area contributed by atoms with Crippen LogP contribution in [0.5, 0.6) is 0 Å². The van der Waals surface area contributed by atoms with Crippen LogP contribution >= 0.6 is 0 Å². The molecule has 1 aromatic rings. The van der Waals surface area contributed by atoms with Crippen molar-refractivity contribution in [1.29, 1.82) is 5.41 Å². The number of anilines is 1. The summed E-state index contributed by atoms with van der Waals surface area (Å²) in [4.78, 5) is 4.28. The van der Waals surface area contributed by atoms with E-state index in [0.29, 0.717) is 24.5 Å². The van der Waals surface area contributed by atoms with Gasteiger partial charge in [-0.3, -0.25) is 5.41 Å². The number of aryl methyl sites for hydroxylation is 1. The zero-order chi connectivity index (χ0) is 11.3. The average Bonchev–Trinajstić information content (AvgIpc) is 2.18. The van der Waals surface area contributed by atoms with E-state index in [4.69, 9.17) is 15.9 Å². The Bertz CT molecular complexity index is 351. The first kappa shape index (κ1) is 11.5. The monoisotopic (exact) mass is 208 g/mol. The lowest BCUT2D eigenvalue weighted by atomic mass is 10.2. The standard InChI is InChI=1S/C10H16N4O/c1-7-3-4-8(9(11)12)10(14-7)13-5-6-15-2/h3-4H,5-6H2,1-2H3,(H3,11,12)(H,13,14). The van der Waals surface area contributed by atoms with Crippen LogP contribution in [0.25, 0.3) is 0 Å². The summed E-state index contributed by atoms with van der Waals surface area (Å²) in [5, 5.41) is 10.5. The van der Waals surface area contributed by atoms with Crippen molar-refractivity contribution >= 4 is 11.7 Å². The predicted molar refractivity (Wildman–Crippen MR) is 60.4 cm³/mol. The third kappa shape index (κ3) is 3.21. The highest BCUT2D eigenvalue weighted by Crippen LogP contribution is 2.12. The number of amidine groups is 1. The molecule has 0 aromatic carbocycles. The van der Waals surface area contributed by atoms with Crippen LogP contribution in [0.1, 0.15) is 11.3 Å². The summed E-state index contributed by atoms with van der Waals surface area (Å²) in [6, 6.07) is 3.62. The van der Waals surface area contributed by atoms with E-state index in [-0.39, 0.29) is 5.84 Å². The fourth-order valence-electron chi connectivity index (χ4n) is 1.18. The van der Waals surface area contributed by atoms with Crippen LogP contribution in [0.2, 0.25) is 0 Å². The van der Waals surface area contributed by atoms with Gasteiger partial charge in [-0.05, 0) is 19.1 Å². The molecule has 5 nitrogen and oxygen atoms in total. The summed E-state index contributed by atoms with van der Waals surface area (Å²) >= 11 is 0. The van der Waals surface area contributed by atoms with Crippen molar-refractivity contribution in [1.82, 2.24) is 4.98 Å². The molecular weight excluding hydrogens is 192 g/mol. The van der Waals surface area contributed by atoms with Crippen molar-refractivity contribution in [2.75, 3.05) is 25.6 Å². The second-order valence-electron chi connectivity index (χ2n) is 3.18. The molecule has 0 spiro atoms. The van der Waals surface area contributed by atoms with Crippen molar-refractivity contribution in [2.45, 2.75) is 6.92 Å². The van der Waals surface area contributed by atoms with Gasteiger partial charge in [0.05, 0.1) is 12.2 Å². The number of pyridine rings is 1. The minimum Gasteiger partial charge on any atom is -0.384 e. The number of hydrogen-bond acceptors (Lipinski definition) is 4. The van der Waals surface area contributed by atoms with Crippen molar-refractivity contribution in [3.05, 3.63) is 23.4 Å². The van der Waals surface area contributed by atoms with E-state index in [1.54, 1.807) is 13.2 Å². The molecule has 0 aliphatic carbocycles. The highest BCUT2D eigenvalue weighted by molar-refractivity contribution is 5.99. The maximum Gasteiger partial charge on any atom is 0.137 e. The van der Waals surface area contributed by atoms with E-state index in [9.17, 15) is 0 Å². The molecule has 0 saturated heterocycles. The van der Waals surface area contributed by atoms with E-state index in [0.717, 1.165) is 5.69 Å². The molecule has 0 saturated carbocycles. The van der Waals surface area contributed by atoms with Gasteiger partial charge in [0.2, 0.25) is 0 Å². The third-order valence-electron chi connectivity index (χ3n) is 1.92. The van der Waals surface area contributed by atoms with Gasteiger partial charge in [-0.1, -0.05) is 0 Å². The van der Waals surface area contributed by atoms with Crippen LogP contribution in [0.4, 0.5) is 5.82 Å². The number of rotatable bonds is 5. The highest BCUT2D eigenvalue weighted by atomic mass is 16.5. The zero-order valence-corrected chi connectivity index (χ0v) is 9.00. The number of nitrogens with one attached hydrogen (secondary N) is 2. The first-order valence-corrected chi connectivity index (χ1v) is 4.70. The fourth-order valence-corrected chi connectivity index (χ4v) is 1.18. The Morgan fingerprint density at radius 1 is 1.60 bits per heavy atom. The molecule has 1 rings (SSSR count). The van der Waals surface area contributed by atoms with Crippen LogP contribution < -0.4 is 11.1 Å². The van der Waals surface area contributed by atoms with Crippen LogP contribution in [0.3, 0.4) is 0 Å². The van der Waals surface area contributed by atoms with Gasteiger partial charge in [0.25, 0.3) is 0 Å². The van der Waals surface area contributed by atoms with E-state index >= 15 is 0 Å². The lowest BCUT2D eigenvalue weighted by Gasteiger charge is -2.10. The van der Waals surface area contributed by atoms with Crippen LogP contribution in [0, 0.1) is 12.3 Å². The summed E-state index contributed by atoms with van der Waals surface area (Å²) in [7, 11) is 1.64. The smallest absolute Gasteiger partial charge is 0.137 e. The molecule has 5 heteroatoms. The summed E-state index contributed by atoms with van der Waals surface area (Å²) in [6.45, 7) is 3.13. The van der Waals surface area contributed by atoms with Crippen molar-refractivity contribution in [3.63, 3.8) is 0 Å². The molecule has 1 aromatic heterocycles. The number of nitrogen functional groups attached to an aromatic ring is 1. The maximum atomic E-state index is 7.39. The van der Waals surface area contributed by atoms with E-state index in [1.165, 1.54) is 0 Å². The second-order valence-corrected chi connectivity index (χ2v) is 3.18. The molecular formula is C10H16N4O. The minimum absolute atomic E-state index is 0.0161. The van der Waals surface area contributed by atoms with Crippen molar-refractivity contribution in [3.8, 4) is 0 Å². The van der Waals surface area contributed by atoms with Crippen LogP contribution in [-0.2, 0) is 4.74 Å². The largest absolute Gasteiger partial charge is 0.384 e. The van der Waals surface area contributed by atoms with Crippen LogP contribution in [-0.4, -0.2) is 31.1 Å². The quantitative estimate of drug-likeness (QED) is 0.378. The van der Waals surface area contributed by atoms with Gasteiger partial charge in [-0.25, -0.2) is 4.98 Å². The number of aromatic nitrogens is 1. The summed E-state index contributed by atoms with van der Waals surface area (Å²) in [6.07, 6.45) is 0. The maximum absolute atomic E-state index is 7.39. The summed E-state index contributed by atoms with van der Waals surface area (Å²) < 4.78 is 4.92. The van der Waals surface area contributed by atoms with E-state index in [2.05, 4.69) is 10.3 Å². The molecule has 0 radical (unpaired) electrons. The molecule has 15 heavy (non-hydrogen) atoms. The molecule has 0 aliphatic heterocycles. The molecule has 0 atom stereocenters. The van der Waals surface area contributed by atoms with Gasteiger partial charge in [0.1, 0.15) is 11.7 Å². The molecule has 1 heterocycles. The first-order chi connectivity index (χ1) is 7.15. The number of nitrogens with two attached hydrogens (primary N) is 1. The third-order valence-corrected chi connectivity index (χ3v) is 1.92. The predicted octanol–water partition coefficient (Wildman–Crippen LogP) is 0.732. The molecule has 0 unspecified atom stereocenters. The molecule has 82 valence electrons. The molecule has 4 N–H and O–H groups in total. The van der Waals surface area contributed by atoms with E-state index in [1.807, 2.05) is 13.0 Å². The van der Waals surface area contributed by atoms with Gasteiger partial charge in [0, 0.05) is 19.3 Å². The number of nitrogens with zero attached hydrogens (tertiary/aromatic N) is 1. The van der Waals surface area contributed by atoms with Gasteiger partial charge in [-0.15, -0.1) is 0 Å². The fraction of sp³-hybridized carbons (Fsp3) is 0.400. The molecule has 0 bridgehead atoms. The molecule has 0 amide bonds. The van der Waals surface area contributed by atoms with Gasteiger partial charge >= 0.3 is 0 Å².